The molecule has 1 N–H and O–H groups in total. The molecule has 0 aliphatic rings. The van der Waals surface area contributed by atoms with Crippen LogP contribution in [0.25, 0.3) is 0 Å². The summed E-state index contributed by atoms with van der Waals surface area (Å²) in [5.41, 5.74) is 2.02. The fraction of sp³-hybridized carbons (Fsp3) is 0.250. The van der Waals surface area contributed by atoms with E-state index in [1.165, 1.54) is 5.19 Å². The van der Waals surface area contributed by atoms with Crippen molar-refractivity contribution in [1.29, 1.82) is 0 Å². The van der Waals surface area contributed by atoms with Gasteiger partial charge in [-0.2, -0.15) is 0 Å². The first kappa shape index (κ1) is 13.1. The Morgan fingerprint density at radius 1 is 0.833 bits per heavy atom. The molecule has 0 amide bonds. The molecule has 2 rings (SSSR count). The van der Waals surface area contributed by atoms with Gasteiger partial charge in [0.2, 0.25) is 0 Å². The standard InChI is InChI=1S/C16H20OSi/c1-18(2,3)15-12-8-7-11-14(15)16(17)13-9-5-4-6-10-13/h4-12,16-17H,1-3H3. The summed E-state index contributed by atoms with van der Waals surface area (Å²) in [6.07, 6.45) is -0.519. The van der Waals surface area contributed by atoms with Crippen LogP contribution in [0.2, 0.25) is 19.6 Å². The zero-order valence-electron chi connectivity index (χ0n) is 11.2. The molecule has 1 atom stereocenters. The van der Waals surface area contributed by atoms with E-state index in [2.05, 4.69) is 31.8 Å². The summed E-state index contributed by atoms with van der Waals surface area (Å²) in [6, 6.07) is 18.1. The molecule has 0 spiro atoms. The first-order chi connectivity index (χ1) is 8.50. The summed E-state index contributed by atoms with van der Waals surface area (Å²) in [5, 5.41) is 11.9. The largest absolute Gasteiger partial charge is 0.384 e. The van der Waals surface area contributed by atoms with Gasteiger partial charge in [-0.05, 0) is 11.1 Å². The normalized spacial score (nSPS) is 13.3. The zero-order chi connectivity index (χ0) is 13.2. The van der Waals surface area contributed by atoms with Crippen LogP contribution >= 0.6 is 0 Å². The summed E-state index contributed by atoms with van der Waals surface area (Å²) in [6.45, 7) is 6.93. The number of hydrogen-bond acceptors (Lipinski definition) is 1. The number of aliphatic hydroxyl groups excluding tert-OH is 1. The Kier molecular flexibility index (Phi) is 3.69. The second-order valence-corrected chi connectivity index (χ2v) is 10.7. The number of rotatable bonds is 3. The van der Waals surface area contributed by atoms with Gasteiger partial charge in [0.1, 0.15) is 6.10 Å². The highest BCUT2D eigenvalue weighted by atomic mass is 28.3. The third-order valence-electron chi connectivity index (χ3n) is 3.18. The summed E-state index contributed by atoms with van der Waals surface area (Å²) in [5.74, 6) is 0. The maximum atomic E-state index is 10.6. The highest BCUT2D eigenvalue weighted by Gasteiger charge is 2.23. The van der Waals surface area contributed by atoms with E-state index in [-0.39, 0.29) is 0 Å². The molecule has 0 aromatic heterocycles. The molecule has 0 saturated carbocycles. The molecule has 0 aliphatic heterocycles. The molecule has 2 heteroatoms. The van der Waals surface area contributed by atoms with E-state index in [4.69, 9.17) is 0 Å². The fourth-order valence-corrected chi connectivity index (χ4v) is 3.92. The first-order valence-electron chi connectivity index (χ1n) is 6.32. The molecule has 2 aromatic carbocycles. The second-order valence-electron chi connectivity index (χ2n) is 5.65. The highest BCUT2D eigenvalue weighted by Crippen LogP contribution is 2.22. The van der Waals surface area contributed by atoms with E-state index >= 15 is 0 Å². The molecular weight excluding hydrogens is 236 g/mol. The van der Waals surface area contributed by atoms with E-state index in [0.717, 1.165) is 11.1 Å². The minimum atomic E-state index is -1.43. The van der Waals surface area contributed by atoms with E-state index in [1.54, 1.807) is 0 Å². The molecule has 1 unspecified atom stereocenters. The molecule has 0 bridgehead atoms. The van der Waals surface area contributed by atoms with Crippen molar-refractivity contribution in [3.05, 3.63) is 65.7 Å². The van der Waals surface area contributed by atoms with Gasteiger partial charge in [0.05, 0.1) is 8.07 Å². The van der Waals surface area contributed by atoms with Crippen LogP contribution in [0.15, 0.2) is 54.6 Å². The summed E-state index contributed by atoms with van der Waals surface area (Å²) in [4.78, 5) is 0. The predicted molar refractivity (Wildman–Crippen MR) is 79.9 cm³/mol. The maximum absolute atomic E-state index is 10.6. The molecule has 1 nitrogen and oxygen atoms in total. The van der Waals surface area contributed by atoms with Crippen LogP contribution in [-0.4, -0.2) is 13.2 Å². The molecule has 0 radical (unpaired) electrons. The van der Waals surface area contributed by atoms with Gasteiger partial charge in [0.25, 0.3) is 0 Å². The Hall–Kier alpha value is -1.38. The van der Waals surface area contributed by atoms with Gasteiger partial charge in [0.15, 0.2) is 0 Å². The number of hydrogen-bond donors (Lipinski definition) is 1. The van der Waals surface area contributed by atoms with Crippen LogP contribution in [0.1, 0.15) is 17.2 Å². The molecule has 0 fully saturated rings. The van der Waals surface area contributed by atoms with Gasteiger partial charge in [-0.1, -0.05) is 79.4 Å². The summed E-state index contributed by atoms with van der Waals surface area (Å²) < 4.78 is 0. The van der Waals surface area contributed by atoms with Crippen LogP contribution in [0.5, 0.6) is 0 Å². The number of benzene rings is 2. The Bertz CT molecular complexity index is 514. The van der Waals surface area contributed by atoms with Crippen LogP contribution in [0, 0.1) is 0 Å². The Balaban J connectivity index is 2.46. The molecule has 18 heavy (non-hydrogen) atoms. The molecule has 2 aromatic rings. The smallest absolute Gasteiger partial charge is 0.104 e. The van der Waals surface area contributed by atoms with Crippen molar-refractivity contribution in [2.24, 2.45) is 0 Å². The van der Waals surface area contributed by atoms with Crippen LogP contribution in [0.4, 0.5) is 0 Å². The molecule has 94 valence electrons. The van der Waals surface area contributed by atoms with E-state index in [0.29, 0.717) is 0 Å². The van der Waals surface area contributed by atoms with Crippen molar-refractivity contribution in [3.8, 4) is 0 Å². The summed E-state index contributed by atoms with van der Waals surface area (Å²) >= 11 is 0. The lowest BCUT2D eigenvalue weighted by Gasteiger charge is -2.24. The van der Waals surface area contributed by atoms with Crippen LogP contribution in [0.3, 0.4) is 0 Å². The van der Waals surface area contributed by atoms with Crippen molar-refractivity contribution < 1.29 is 5.11 Å². The molecule has 0 saturated heterocycles. The minimum absolute atomic E-state index is 0.519. The Labute approximate surface area is 110 Å². The van der Waals surface area contributed by atoms with Crippen molar-refractivity contribution >= 4 is 13.3 Å². The second kappa shape index (κ2) is 5.08. The number of aliphatic hydroxyl groups is 1. The Morgan fingerprint density at radius 2 is 1.39 bits per heavy atom. The van der Waals surface area contributed by atoms with Gasteiger partial charge < -0.3 is 5.11 Å². The quantitative estimate of drug-likeness (QED) is 0.835. The van der Waals surface area contributed by atoms with Crippen LogP contribution < -0.4 is 5.19 Å². The van der Waals surface area contributed by atoms with Crippen molar-refractivity contribution in [2.75, 3.05) is 0 Å². The monoisotopic (exact) mass is 256 g/mol. The molecular formula is C16H20OSi. The van der Waals surface area contributed by atoms with Gasteiger partial charge in [0, 0.05) is 0 Å². The van der Waals surface area contributed by atoms with Crippen LogP contribution in [-0.2, 0) is 0 Å². The predicted octanol–water partition coefficient (Wildman–Crippen LogP) is 3.31. The fourth-order valence-electron chi connectivity index (χ4n) is 2.23. The van der Waals surface area contributed by atoms with Crippen molar-refractivity contribution in [2.45, 2.75) is 25.7 Å². The topological polar surface area (TPSA) is 20.2 Å². The lowest BCUT2D eigenvalue weighted by Crippen LogP contribution is -2.40. The third-order valence-corrected chi connectivity index (χ3v) is 5.25. The van der Waals surface area contributed by atoms with Gasteiger partial charge in [-0.3, -0.25) is 0 Å². The van der Waals surface area contributed by atoms with E-state index in [1.807, 2.05) is 42.5 Å². The Morgan fingerprint density at radius 3 is 2.00 bits per heavy atom. The average Bonchev–Trinajstić information content (AvgIpc) is 2.38. The van der Waals surface area contributed by atoms with Gasteiger partial charge in [-0.15, -0.1) is 0 Å². The van der Waals surface area contributed by atoms with Gasteiger partial charge in [-0.25, -0.2) is 0 Å². The lowest BCUT2D eigenvalue weighted by molar-refractivity contribution is 0.221. The van der Waals surface area contributed by atoms with E-state index < -0.39 is 14.2 Å². The summed E-state index contributed by atoms with van der Waals surface area (Å²) in [7, 11) is -1.43. The van der Waals surface area contributed by atoms with Gasteiger partial charge >= 0.3 is 0 Å². The van der Waals surface area contributed by atoms with Crippen molar-refractivity contribution in [1.82, 2.24) is 0 Å². The first-order valence-corrected chi connectivity index (χ1v) is 9.82. The average molecular weight is 256 g/mol. The van der Waals surface area contributed by atoms with E-state index in [9.17, 15) is 5.11 Å². The minimum Gasteiger partial charge on any atom is -0.384 e. The highest BCUT2D eigenvalue weighted by molar-refractivity contribution is 6.89. The molecule has 0 heterocycles. The maximum Gasteiger partial charge on any atom is 0.104 e. The molecule has 0 aliphatic carbocycles. The van der Waals surface area contributed by atoms with Crippen molar-refractivity contribution in [3.63, 3.8) is 0 Å². The SMILES string of the molecule is C[Si](C)(C)c1ccccc1C(O)c1ccccc1. The zero-order valence-corrected chi connectivity index (χ0v) is 12.2. The third kappa shape index (κ3) is 2.71. The lowest BCUT2D eigenvalue weighted by atomic mass is 10.0.